The van der Waals surface area contributed by atoms with Crippen LogP contribution in [0.2, 0.25) is 5.02 Å². The Hall–Kier alpha value is -1.28. The van der Waals surface area contributed by atoms with Gasteiger partial charge in [0.15, 0.2) is 5.96 Å². The van der Waals surface area contributed by atoms with Crippen molar-refractivity contribution in [3.8, 4) is 0 Å². The van der Waals surface area contributed by atoms with Gasteiger partial charge in [-0.25, -0.2) is 4.98 Å². The summed E-state index contributed by atoms with van der Waals surface area (Å²) in [6, 6.07) is 7.87. The third-order valence-electron chi connectivity index (χ3n) is 3.47. The predicted octanol–water partition coefficient (Wildman–Crippen LogP) is 3.17. The molecule has 7 heteroatoms. The van der Waals surface area contributed by atoms with Gasteiger partial charge in [-0.3, -0.25) is 4.99 Å². The van der Waals surface area contributed by atoms with Gasteiger partial charge >= 0.3 is 0 Å². The number of nitrogens with one attached hydrogen (secondary N) is 1. The first kappa shape index (κ1) is 19.8. The molecule has 0 spiro atoms. The molecule has 1 N–H and O–H groups in total. The van der Waals surface area contributed by atoms with Gasteiger partial charge in [-0.1, -0.05) is 23.7 Å². The smallest absolute Gasteiger partial charge is 0.193 e. The normalized spacial score (nSPS) is 11.0. The van der Waals surface area contributed by atoms with Crippen LogP contribution in [0.3, 0.4) is 0 Å². The van der Waals surface area contributed by atoms with Crippen LogP contribution >= 0.6 is 35.6 Å². The first-order valence-electron chi connectivity index (χ1n) is 7.24. The van der Waals surface area contributed by atoms with E-state index in [0.29, 0.717) is 0 Å². The van der Waals surface area contributed by atoms with Crippen molar-refractivity contribution < 1.29 is 0 Å². The summed E-state index contributed by atoms with van der Waals surface area (Å²) in [5, 5.41) is 4.12. The number of halogens is 2. The van der Waals surface area contributed by atoms with Gasteiger partial charge in [0.1, 0.15) is 5.82 Å². The summed E-state index contributed by atoms with van der Waals surface area (Å²) in [7, 11) is 3.82. The molecule has 0 saturated heterocycles. The standard InChI is InChI=1S/C16H22ClN5.HI/c1-13-19-8-10-22(13)11-9-20-16(18-2)21(3)12-14-4-6-15(17)7-5-14;/h4-8,10H,9,11-12H2,1-3H3,(H,18,20);1H. The lowest BCUT2D eigenvalue weighted by molar-refractivity contribution is 0.473. The molecular weight excluding hydrogens is 425 g/mol. The van der Waals surface area contributed by atoms with Crippen molar-refractivity contribution in [2.45, 2.75) is 20.0 Å². The van der Waals surface area contributed by atoms with E-state index in [2.05, 4.69) is 24.8 Å². The molecule has 2 aromatic rings. The van der Waals surface area contributed by atoms with E-state index < -0.39 is 0 Å². The van der Waals surface area contributed by atoms with Gasteiger partial charge in [0.25, 0.3) is 0 Å². The zero-order chi connectivity index (χ0) is 15.9. The van der Waals surface area contributed by atoms with Gasteiger partial charge in [-0.15, -0.1) is 24.0 Å². The maximum absolute atomic E-state index is 5.91. The van der Waals surface area contributed by atoms with Gasteiger partial charge < -0.3 is 14.8 Å². The maximum atomic E-state index is 5.91. The van der Waals surface area contributed by atoms with Crippen molar-refractivity contribution in [2.24, 2.45) is 4.99 Å². The molecule has 0 fully saturated rings. The number of aliphatic imine (C=N–C) groups is 1. The molecule has 5 nitrogen and oxygen atoms in total. The Morgan fingerprint density at radius 2 is 2.04 bits per heavy atom. The Balaban J connectivity index is 0.00000264. The molecule has 0 unspecified atom stereocenters. The van der Waals surface area contributed by atoms with Crippen LogP contribution in [0, 0.1) is 6.92 Å². The molecule has 0 amide bonds. The fraction of sp³-hybridized carbons (Fsp3) is 0.375. The van der Waals surface area contributed by atoms with Gasteiger partial charge in [0, 0.05) is 51.1 Å². The van der Waals surface area contributed by atoms with E-state index in [1.54, 1.807) is 7.05 Å². The minimum Gasteiger partial charge on any atom is -0.354 e. The van der Waals surface area contributed by atoms with Crippen molar-refractivity contribution >= 4 is 41.5 Å². The van der Waals surface area contributed by atoms with Crippen LogP contribution < -0.4 is 5.32 Å². The number of hydrogen-bond acceptors (Lipinski definition) is 2. The minimum atomic E-state index is 0. The number of nitrogens with zero attached hydrogens (tertiary/aromatic N) is 4. The zero-order valence-electron chi connectivity index (χ0n) is 13.7. The molecular formula is C16H23ClIN5. The van der Waals surface area contributed by atoms with Crippen molar-refractivity contribution in [1.82, 2.24) is 19.8 Å². The summed E-state index contributed by atoms with van der Waals surface area (Å²) < 4.78 is 2.11. The Morgan fingerprint density at radius 3 is 2.61 bits per heavy atom. The molecule has 0 radical (unpaired) electrons. The average molecular weight is 448 g/mol. The third-order valence-corrected chi connectivity index (χ3v) is 3.72. The van der Waals surface area contributed by atoms with E-state index in [1.165, 1.54) is 5.56 Å². The summed E-state index contributed by atoms with van der Waals surface area (Å²) in [5.74, 6) is 1.89. The molecule has 126 valence electrons. The molecule has 0 atom stereocenters. The minimum absolute atomic E-state index is 0. The molecule has 23 heavy (non-hydrogen) atoms. The number of imidazole rings is 1. The maximum Gasteiger partial charge on any atom is 0.193 e. The fourth-order valence-electron chi connectivity index (χ4n) is 2.25. The van der Waals surface area contributed by atoms with Gasteiger partial charge in [-0.05, 0) is 24.6 Å². The van der Waals surface area contributed by atoms with Crippen LogP contribution in [-0.2, 0) is 13.1 Å². The van der Waals surface area contributed by atoms with Crippen LogP contribution in [0.4, 0.5) is 0 Å². The number of guanidine groups is 1. The number of aryl methyl sites for hydroxylation is 1. The van der Waals surface area contributed by atoms with E-state index in [4.69, 9.17) is 11.6 Å². The monoisotopic (exact) mass is 447 g/mol. The summed E-state index contributed by atoms with van der Waals surface area (Å²) in [4.78, 5) is 10.6. The summed E-state index contributed by atoms with van der Waals surface area (Å²) >= 11 is 5.91. The predicted molar refractivity (Wildman–Crippen MR) is 107 cm³/mol. The SMILES string of the molecule is CN=C(NCCn1ccnc1C)N(C)Cc1ccc(Cl)cc1.I. The molecule has 0 saturated carbocycles. The van der Waals surface area contributed by atoms with Crippen molar-refractivity contribution in [3.05, 3.63) is 53.1 Å². The van der Waals surface area contributed by atoms with Gasteiger partial charge in [-0.2, -0.15) is 0 Å². The highest BCUT2D eigenvalue weighted by Gasteiger charge is 2.06. The van der Waals surface area contributed by atoms with E-state index in [9.17, 15) is 0 Å². The molecule has 1 heterocycles. The van der Waals surface area contributed by atoms with E-state index in [-0.39, 0.29) is 24.0 Å². The van der Waals surface area contributed by atoms with E-state index >= 15 is 0 Å². The van der Waals surface area contributed by atoms with Crippen LogP contribution in [0.5, 0.6) is 0 Å². The van der Waals surface area contributed by atoms with E-state index in [1.807, 2.05) is 50.6 Å². The lowest BCUT2D eigenvalue weighted by atomic mass is 10.2. The summed E-state index contributed by atoms with van der Waals surface area (Å²) in [5.41, 5.74) is 1.19. The Kier molecular flexibility index (Phi) is 8.40. The first-order valence-corrected chi connectivity index (χ1v) is 7.62. The van der Waals surface area contributed by atoms with Crippen LogP contribution in [0.25, 0.3) is 0 Å². The van der Waals surface area contributed by atoms with Crippen LogP contribution in [0.15, 0.2) is 41.7 Å². The molecule has 1 aromatic heterocycles. The molecule has 0 aliphatic carbocycles. The highest BCUT2D eigenvalue weighted by molar-refractivity contribution is 14.0. The molecule has 2 rings (SSSR count). The second-order valence-electron chi connectivity index (χ2n) is 5.12. The summed E-state index contributed by atoms with van der Waals surface area (Å²) in [6.07, 6.45) is 3.80. The zero-order valence-corrected chi connectivity index (χ0v) is 16.7. The quantitative estimate of drug-likeness (QED) is 0.435. The van der Waals surface area contributed by atoms with Gasteiger partial charge in [0.2, 0.25) is 0 Å². The number of hydrogen-bond donors (Lipinski definition) is 1. The van der Waals surface area contributed by atoms with Crippen LogP contribution in [0.1, 0.15) is 11.4 Å². The third kappa shape index (κ3) is 6.02. The number of rotatable bonds is 5. The second kappa shape index (κ2) is 9.77. The lowest BCUT2D eigenvalue weighted by Gasteiger charge is -2.22. The summed E-state index contributed by atoms with van der Waals surface area (Å²) in [6.45, 7) is 4.44. The largest absolute Gasteiger partial charge is 0.354 e. The Labute approximate surface area is 159 Å². The van der Waals surface area contributed by atoms with Gasteiger partial charge in [0.05, 0.1) is 0 Å². The number of benzene rings is 1. The molecule has 0 aliphatic heterocycles. The molecule has 0 aliphatic rings. The van der Waals surface area contributed by atoms with E-state index in [0.717, 1.165) is 36.4 Å². The highest BCUT2D eigenvalue weighted by atomic mass is 127. The average Bonchev–Trinajstić information content (AvgIpc) is 2.91. The van der Waals surface area contributed by atoms with Crippen molar-refractivity contribution in [3.63, 3.8) is 0 Å². The molecule has 0 bridgehead atoms. The first-order chi connectivity index (χ1) is 10.6. The lowest BCUT2D eigenvalue weighted by Crippen LogP contribution is -2.39. The van der Waals surface area contributed by atoms with Crippen molar-refractivity contribution in [1.29, 1.82) is 0 Å². The fourth-order valence-corrected chi connectivity index (χ4v) is 2.38. The highest BCUT2D eigenvalue weighted by Crippen LogP contribution is 2.10. The number of aromatic nitrogens is 2. The Bertz CT molecular complexity index is 624. The molecule has 1 aromatic carbocycles. The Morgan fingerprint density at radius 1 is 1.35 bits per heavy atom. The topological polar surface area (TPSA) is 45.5 Å². The van der Waals surface area contributed by atoms with Crippen molar-refractivity contribution in [2.75, 3.05) is 20.6 Å². The second-order valence-corrected chi connectivity index (χ2v) is 5.56. The van der Waals surface area contributed by atoms with Crippen LogP contribution in [-0.4, -0.2) is 41.1 Å².